The molecule has 3 heterocycles. The maximum atomic E-state index is 12.8. The van der Waals surface area contributed by atoms with Gasteiger partial charge in [0.1, 0.15) is 11.8 Å². The van der Waals surface area contributed by atoms with Gasteiger partial charge in [0.05, 0.1) is 17.3 Å². The van der Waals surface area contributed by atoms with Crippen LogP contribution < -0.4 is 0 Å². The topological polar surface area (TPSA) is 95.9 Å². The Morgan fingerprint density at radius 2 is 2.30 bits per heavy atom. The van der Waals surface area contributed by atoms with Crippen molar-refractivity contribution in [3.63, 3.8) is 0 Å². The van der Waals surface area contributed by atoms with Crippen molar-refractivity contribution in [2.75, 3.05) is 6.54 Å². The number of carbonyl (C=O) groups is 1. The largest absolute Gasteiger partial charge is 0.339 e. The summed E-state index contributed by atoms with van der Waals surface area (Å²) in [4.78, 5) is 23.1. The van der Waals surface area contributed by atoms with Crippen molar-refractivity contribution < 1.29 is 9.32 Å². The van der Waals surface area contributed by atoms with Crippen LogP contribution in [0.15, 0.2) is 16.7 Å². The maximum Gasteiger partial charge on any atom is 0.273 e. The van der Waals surface area contributed by atoms with E-state index < -0.39 is 0 Å². The van der Waals surface area contributed by atoms with Crippen molar-refractivity contribution in [2.24, 2.45) is 0 Å². The van der Waals surface area contributed by atoms with Crippen LogP contribution in [0.4, 0.5) is 0 Å². The molecule has 1 aliphatic rings. The zero-order chi connectivity index (χ0) is 16.4. The molecule has 7 heteroatoms. The summed E-state index contributed by atoms with van der Waals surface area (Å²) in [5.74, 6) is 0.965. The smallest absolute Gasteiger partial charge is 0.273 e. The molecule has 0 aromatic carbocycles. The highest BCUT2D eigenvalue weighted by atomic mass is 16.5. The number of nitriles is 1. The minimum atomic E-state index is -0.177. The van der Waals surface area contributed by atoms with Crippen LogP contribution in [-0.2, 0) is 6.42 Å². The van der Waals surface area contributed by atoms with Gasteiger partial charge in [0, 0.05) is 13.0 Å². The molecule has 1 fully saturated rings. The molecule has 23 heavy (non-hydrogen) atoms. The molecular formula is C16H17N5O2. The Labute approximate surface area is 133 Å². The Kier molecular flexibility index (Phi) is 4.06. The fraction of sp³-hybridized carbons (Fsp3) is 0.438. The van der Waals surface area contributed by atoms with Gasteiger partial charge in [-0.25, -0.2) is 4.98 Å². The Morgan fingerprint density at radius 1 is 1.48 bits per heavy atom. The first-order valence-electron chi connectivity index (χ1n) is 7.65. The molecule has 1 atom stereocenters. The lowest BCUT2D eigenvalue weighted by Gasteiger charge is -2.21. The van der Waals surface area contributed by atoms with Crippen molar-refractivity contribution in [3.05, 3.63) is 40.8 Å². The van der Waals surface area contributed by atoms with Crippen LogP contribution in [0.5, 0.6) is 0 Å². The number of rotatable bonds is 3. The second-order valence-corrected chi connectivity index (χ2v) is 5.50. The van der Waals surface area contributed by atoms with Crippen LogP contribution in [-0.4, -0.2) is 32.5 Å². The van der Waals surface area contributed by atoms with Gasteiger partial charge in [-0.15, -0.1) is 0 Å². The van der Waals surface area contributed by atoms with E-state index >= 15 is 0 Å². The summed E-state index contributed by atoms with van der Waals surface area (Å²) in [6.07, 6.45) is 2.37. The number of hydrogen-bond acceptors (Lipinski definition) is 6. The predicted octanol–water partition coefficient (Wildman–Crippen LogP) is 2.18. The lowest BCUT2D eigenvalue weighted by atomic mass is 10.1. The molecule has 0 aliphatic carbocycles. The molecule has 7 nitrogen and oxygen atoms in total. The molecule has 2 aromatic rings. The standard InChI is InChI=1S/C16H17N5O2/c1-3-14-19-15(20-23-14)13-5-4-8-21(13)16(22)12-7-6-11(9-17)10(2)18-12/h6-7,13H,3-5,8H2,1-2H3/t13-/m0/s1. The van der Waals surface area contributed by atoms with E-state index in [0.29, 0.717) is 41.6 Å². The number of aromatic nitrogens is 3. The highest BCUT2D eigenvalue weighted by Gasteiger charge is 2.34. The van der Waals surface area contributed by atoms with E-state index in [9.17, 15) is 4.79 Å². The third kappa shape index (κ3) is 2.80. The molecule has 0 saturated carbocycles. The SMILES string of the molecule is CCc1nc([C@@H]2CCCN2C(=O)c2ccc(C#N)c(C)n2)no1. The fourth-order valence-electron chi connectivity index (χ4n) is 2.77. The van der Waals surface area contributed by atoms with Crippen molar-refractivity contribution in [1.29, 1.82) is 5.26 Å². The number of amides is 1. The number of likely N-dealkylation sites (tertiary alicyclic amines) is 1. The molecule has 0 N–H and O–H groups in total. The Hall–Kier alpha value is -2.75. The molecule has 2 aromatic heterocycles. The lowest BCUT2D eigenvalue weighted by molar-refractivity contribution is 0.0722. The number of pyridine rings is 1. The second-order valence-electron chi connectivity index (χ2n) is 5.50. The van der Waals surface area contributed by atoms with E-state index in [0.717, 1.165) is 12.8 Å². The molecule has 0 bridgehead atoms. The summed E-state index contributed by atoms with van der Waals surface area (Å²) in [7, 11) is 0. The number of aryl methyl sites for hydroxylation is 2. The van der Waals surface area contributed by atoms with Crippen LogP contribution in [0.3, 0.4) is 0 Å². The summed E-state index contributed by atoms with van der Waals surface area (Å²) in [6, 6.07) is 5.10. The minimum absolute atomic E-state index is 0.164. The number of nitrogens with zero attached hydrogens (tertiary/aromatic N) is 5. The zero-order valence-corrected chi connectivity index (χ0v) is 13.1. The van der Waals surface area contributed by atoms with Crippen molar-refractivity contribution in [2.45, 2.75) is 39.2 Å². The van der Waals surface area contributed by atoms with Gasteiger partial charge >= 0.3 is 0 Å². The molecule has 1 saturated heterocycles. The first kappa shape index (κ1) is 15.2. The average Bonchev–Trinajstić information content (AvgIpc) is 3.22. The number of carbonyl (C=O) groups excluding carboxylic acids is 1. The van der Waals surface area contributed by atoms with Gasteiger partial charge in [-0.3, -0.25) is 4.79 Å². The first-order chi connectivity index (χ1) is 11.1. The van der Waals surface area contributed by atoms with Crippen LogP contribution in [0.2, 0.25) is 0 Å². The molecule has 118 valence electrons. The molecular weight excluding hydrogens is 294 g/mol. The summed E-state index contributed by atoms with van der Waals surface area (Å²) in [5, 5.41) is 13.0. The summed E-state index contributed by atoms with van der Waals surface area (Å²) in [6.45, 7) is 4.31. The quantitative estimate of drug-likeness (QED) is 0.862. The van der Waals surface area contributed by atoms with Gasteiger partial charge in [0.25, 0.3) is 5.91 Å². The van der Waals surface area contributed by atoms with Gasteiger partial charge in [-0.1, -0.05) is 12.1 Å². The Morgan fingerprint density at radius 3 is 2.96 bits per heavy atom. The van der Waals surface area contributed by atoms with E-state index in [1.165, 1.54) is 0 Å². The van der Waals surface area contributed by atoms with E-state index in [1.807, 2.05) is 6.92 Å². The summed E-state index contributed by atoms with van der Waals surface area (Å²) >= 11 is 0. The summed E-state index contributed by atoms with van der Waals surface area (Å²) in [5.41, 5.74) is 1.37. The van der Waals surface area contributed by atoms with Gasteiger partial charge in [-0.2, -0.15) is 10.2 Å². The Balaban J connectivity index is 1.86. The maximum absolute atomic E-state index is 12.8. The van der Waals surface area contributed by atoms with Crippen molar-refractivity contribution >= 4 is 5.91 Å². The number of hydrogen-bond donors (Lipinski definition) is 0. The van der Waals surface area contributed by atoms with Crippen LogP contribution in [0.25, 0.3) is 0 Å². The molecule has 0 spiro atoms. The van der Waals surface area contributed by atoms with Crippen LogP contribution in [0.1, 0.15) is 59.3 Å². The monoisotopic (exact) mass is 311 g/mol. The van der Waals surface area contributed by atoms with Gasteiger partial charge < -0.3 is 9.42 Å². The van der Waals surface area contributed by atoms with E-state index in [1.54, 1.807) is 24.0 Å². The van der Waals surface area contributed by atoms with Crippen molar-refractivity contribution in [1.82, 2.24) is 20.0 Å². The molecule has 1 aliphatic heterocycles. The predicted molar refractivity (Wildman–Crippen MR) is 80.4 cm³/mol. The zero-order valence-electron chi connectivity index (χ0n) is 13.1. The molecule has 3 rings (SSSR count). The molecule has 0 unspecified atom stereocenters. The Bertz CT molecular complexity index is 777. The van der Waals surface area contributed by atoms with Crippen molar-refractivity contribution in [3.8, 4) is 6.07 Å². The van der Waals surface area contributed by atoms with E-state index in [-0.39, 0.29) is 11.9 Å². The third-order valence-electron chi connectivity index (χ3n) is 4.02. The third-order valence-corrected chi connectivity index (χ3v) is 4.02. The summed E-state index contributed by atoms with van der Waals surface area (Å²) < 4.78 is 5.16. The normalized spacial score (nSPS) is 17.3. The highest BCUT2D eigenvalue weighted by Crippen LogP contribution is 2.31. The molecule has 1 amide bonds. The first-order valence-corrected chi connectivity index (χ1v) is 7.65. The fourth-order valence-corrected chi connectivity index (χ4v) is 2.77. The molecule has 0 radical (unpaired) electrons. The second kappa shape index (κ2) is 6.16. The van der Waals surface area contributed by atoms with E-state index in [2.05, 4.69) is 21.2 Å². The minimum Gasteiger partial charge on any atom is -0.339 e. The average molecular weight is 311 g/mol. The lowest BCUT2D eigenvalue weighted by Crippen LogP contribution is -2.31. The van der Waals surface area contributed by atoms with Gasteiger partial charge in [0.2, 0.25) is 5.89 Å². The van der Waals surface area contributed by atoms with E-state index in [4.69, 9.17) is 9.78 Å². The van der Waals surface area contributed by atoms with Crippen LogP contribution in [0, 0.1) is 18.3 Å². The van der Waals surface area contributed by atoms with Gasteiger partial charge in [0.15, 0.2) is 5.82 Å². The van der Waals surface area contributed by atoms with Crippen LogP contribution >= 0.6 is 0 Å². The highest BCUT2D eigenvalue weighted by molar-refractivity contribution is 5.92. The van der Waals surface area contributed by atoms with Gasteiger partial charge in [-0.05, 0) is 31.9 Å².